The maximum atomic E-state index is 12.7. The van der Waals surface area contributed by atoms with Crippen molar-refractivity contribution >= 4 is 21.9 Å². The standard InChI is InChI=1S/C17H23N5O4S/c1-13-10-16(20-22(13)14-6-4-3-5-7-14)19-17(23)21-8-9-26-12-15(21)11-18-27(2,24)25/h3-7,10,15,18H,8-9,11-12H2,1-2H3,(H,19,20,23). The number of hydrogen-bond acceptors (Lipinski definition) is 5. The van der Waals surface area contributed by atoms with Crippen LogP contribution in [0.3, 0.4) is 0 Å². The Morgan fingerprint density at radius 1 is 1.33 bits per heavy atom. The molecule has 0 radical (unpaired) electrons. The van der Waals surface area contributed by atoms with Gasteiger partial charge in [-0.3, -0.25) is 5.32 Å². The molecule has 2 heterocycles. The second-order valence-corrected chi connectivity index (χ2v) is 8.22. The van der Waals surface area contributed by atoms with Gasteiger partial charge in [0.2, 0.25) is 10.0 Å². The summed E-state index contributed by atoms with van der Waals surface area (Å²) in [7, 11) is -3.34. The Labute approximate surface area is 158 Å². The van der Waals surface area contributed by atoms with Crippen LogP contribution in [0.1, 0.15) is 5.69 Å². The van der Waals surface area contributed by atoms with E-state index in [2.05, 4.69) is 15.1 Å². The number of nitrogens with one attached hydrogen (secondary N) is 2. The molecule has 1 aliphatic rings. The van der Waals surface area contributed by atoms with E-state index in [0.29, 0.717) is 19.0 Å². The zero-order valence-corrected chi connectivity index (χ0v) is 16.1. The molecule has 1 atom stereocenters. The van der Waals surface area contributed by atoms with Crippen LogP contribution >= 0.6 is 0 Å². The summed E-state index contributed by atoms with van der Waals surface area (Å²) in [5.41, 5.74) is 1.78. The number of amides is 2. The number of ether oxygens (including phenoxy) is 1. The molecule has 2 aromatic rings. The lowest BCUT2D eigenvalue weighted by Gasteiger charge is -2.35. The molecule has 146 valence electrons. The molecular weight excluding hydrogens is 370 g/mol. The first kappa shape index (κ1) is 19.3. The molecule has 1 aromatic heterocycles. The van der Waals surface area contributed by atoms with Crippen molar-refractivity contribution in [2.75, 3.05) is 37.9 Å². The van der Waals surface area contributed by atoms with Gasteiger partial charge in [-0.2, -0.15) is 0 Å². The van der Waals surface area contributed by atoms with Crippen LogP contribution in [-0.4, -0.2) is 67.7 Å². The summed E-state index contributed by atoms with van der Waals surface area (Å²) in [4.78, 5) is 14.3. The lowest BCUT2D eigenvalue weighted by molar-refractivity contribution is 0.0176. The second kappa shape index (κ2) is 8.07. The normalized spacial score (nSPS) is 17.7. The van der Waals surface area contributed by atoms with Crippen LogP contribution in [0.25, 0.3) is 5.69 Å². The first-order valence-corrected chi connectivity index (χ1v) is 10.4. The van der Waals surface area contributed by atoms with Crippen LogP contribution in [0.5, 0.6) is 0 Å². The first-order chi connectivity index (χ1) is 12.8. The van der Waals surface area contributed by atoms with Crippen molar-refractivity contribution in [1.29, 1.82) is 0 Å². The topological polar surface area (TPSA) is 106 Å². The zero-order valence-electron chi connectivity index (χ0n) is 15.3. The van der Waals surface area contributed by atoms with E-state index in [0.717, 1.165) is 17.6 Å². The average molecular weight is 393 g/mol. The van der Waals surface area contributed by atoms with Crippen molar-refractivity contribution in [2.45, 2.75) is 13.0 Å². The van der Waals surface area contributed by atoms with Gasteiger partial charge in [-0.25, -0.2) is 22.6 Å². The van der Waals surface area contributed by atoms with Gasteiger partial charge in [0.1, 0.15) is 0 Å². The Balaban J connectivity index is 1.70. The number of carbonyl (C=O) groups is 1. The van der Waals surface area contributed by atoms with Crippen molar-refractivity contribution in [3.05, 3.63) is 42.1 Å². The molecule has 1 unspecified atom stereocenters. The Bertz CT molecular complexity index is 897. The van der Waals surface area contributed by atoms with Crippen molar-refractivity contribution < 1.29 is 17.9 Å². The summed E-state index contributed by atoms with van der Waals surface area (Å²) in [5, 5.41) is 7.23. The number of sulfonamides is 1. The van der Waals surface area contributed by atoms with E-state index in [1.165, 1.54) is 0 Å². The highest BCUT2D eigenvalue weighted by atomic mass is 32.2. The van der Waals surface area contributed by atoms with Crippen molar-refractivity contribution in [2.24, 2.45) is 0 Å². The maximum Gasteiger partial charge on any atom is 0.323 e. The lowest BCUT2D eigenvalue weighted by Crippen LogP contribution is -2.54. The fourth-order valence-electron chi connectivity index (χ4n) is 2.89. The molecule has 2 amide bonds. The van der Waals surface area contributed by atoms with E-state index in [9.17, 15) is 13.2 Å². The van der Waals surface area contributed by atoms with Crippen LogP contribution in [0.4, 0.5) is 10.6 Å². The Kier molecular flexibility index (Phi) is 5.78. The predicted octanol–water partition coefficient (Wildman–Crippen LogP) is 0.963. The minimum atomic E-state index is -3.34. The molecule has 1 aromatic carbocycles. The van der Waals surface area contributed by atoms with Crippen LogP contribution in [-0.2, 0) is 14.8 Å². The van der Waals surface area contributed by atoms with Gasteiger partial charge >= 0.3 is 6.03 Å². The van der Waals surface area contributed by atoms with Crippen LogP contribution in [0.15, 0.2) is 36.4 Å². The number of aryl methyl sites for hydroxylation is 1. The van der Waals surface area contributed by atoms with Crippen molar-refractivity contribution in [1.82, 2.24) is 19.4 Å². The largest absolute Gasteiger partial charge is 0.377 e. The van der Waals surface area contributed by atoms with E-state index < -0.39 is 10.0 Å². The summed E-state index contributed by atoms with van der Waals surface area (Å²) in [6.45, 7) is 3.06. The fourth-order valence-corrected chi connectivity index (χ4v) is 3.38. The van der Waals surface area contributed by atoms with Gasteiger partial charge in [0.25, 0.3) is 0 Å². The summed E-state index contributed by atoms with van der Waals surface area (Å²) in [6, 6.07) is 10.7. The first-order valence-electron chi connectivity index (χ1n) is 8.55. The highest BCUT2D eigenvalue weighted by Crippen LogP contribution is 2.16. The van der Waals surface area contributed by atoms with Gasteiger partial charge in [-0.05, 0) is 19.1 Å². The summed E-state index contributed by atoms with van der Waals surface area (Å²) >= 11 is 0. The third-order valence-electron chi connectivity index (χ3n) is 4.19. The number of hydrogen-bond donors (Lipinski definition) is 2. The molecule has 1 aliphatic heterocycles. The molecule has 9 nitrogen and oxygen atoms in total. The Morgan fingerprint density at radius 2 is 2.07 bits per heavy atom. The van der Waals surface area contributed by atoms with E-state index in [4.69, 9.17) is 4.74 Å². The van der Waals surface area contributed by atoms with E-state index in [1.807, 2.05) is 37.3 Å². The molecule has 10 heteroatoms. The Morgan fingerprint density at radius 3 is 2.78 bits per heavy atom. The third-order valence-corrected chi connectivity index (χ3v) is 4.88. The number of urea groups is 1. The molecule has 1 fully saturated rings. The summed E-state index contributed by atoms with van der Waals surface area (Å²) < 4.78 is 32.2. The minimum absolute atomic E-state index is 0.101. The predicted molar refractivity (Wildman–Crippen MR) is 101 cm³/mol. The van der Waals surface area contributed by atoms with Gasteiger partial charge in [0.05, 0.1) is 31.2 Å². The summed E-state index contributed by atoms with van der Waals surface area (Å²) in [5.74, 6) is 0.433. The SMILES string of the molecule is Cc1cc(NC(=O)N2CCOCC2CNS(C)(=O)=O)nn1-c1ccccc1. The quantitative estimate of drug-likeness (QED) is 0.787. The number of morpholine rings is 1. The number of benzene rings is 1. The molecular formula is C17H23N5O4S. The smallest absolute Gasteiger partial charge is 0.323 e. The van der Waals surface area contributed by atoms with E-state index in [1.54, 1.807) is 15.6 Å². The number of anilines is 1. The molecule has 0 spiro atoms. The molecule has 1 saturated heterocycles. The second-order valence-electron chi connectivity index (χ2n) is 6.39. The molecule has 2 N–H and O–H groups in total. The number of rotatable bonds is 5. The molecule has 27 heavy (non-hydrogen) atoms. The van der Waals surface area contributed by atoms with E-state index in [-0.39, 0.29) is 25.2 Å². The summed E-state index contributed by atoms with van der Waals surface area (Å²) in [6.07, 6.45) is 1.08. The lowest BCUT2D eigenvalue weighted by atomic mass is 10.2. The van der Waals surface area contributed by atoms with E-state index >= 15 is 0 Å². The van der Waals surface area contributed by atoms with Gasteiger partial charge < -0.3 is 9.64 Å². The highest BCUT2D eigenvalue weighted by molar-refractivity contribution is 7.88. The number of nitrogens with zero attached hydrogens (tertiary/aromatic N) is 3. The highest BCUT2D eigenvalue weighted by Gasteiger charge is 2.28. The molecule has 0 bridgehead atoms. The molecule has 3 rings (SSSR count). The van der Waals surface area contributed by atoms with Crippen molar-refractivity contribution in [3.8, 4) is 5.69 Å². The number of carbonyl (C=O) groups excluding carboxylic acids is 1. The van der Waals surface area contributed by atoms with Gasteiger partial charge in [0.15, 0.2) is 5.82 Å². The average Bonchev–Trinajstić information content (AvgIpc) is 3.00. The zero-order chi connectivity index (χ0) is 19.4. The van der Waals surface area contributed by atoms with Crippen LogP contribution in [0.2, 0.25) is 0 Å². The third kappa shape index (κ3) is 5.06. The van der Waals surface area contributed by atoms with Crippen molar-refractivity contribution in [3.63, 3.8) is 0 Å². The minimum Gasteiger partial charge on any atom is -0.377 e. The number of aromatic nitrogens is 2. The Hall–Kier alpha value is -2.43. The van der Waals surface area contributed by atoms with Gasteiger partial charge in [0, 0.05) is 24.8 Å². The molecule has 0 aliphatic carbocycles. The van der Waals surface area contributed by atoms with Crippen LogP contribution in [0, 0.1) is 6.92 Å². The maximum absolute atomic E-state index is 12.7. The van der Waals surface area contributed by atoms with Gasteiger partial charge in [-0.1, -0.05) is 18.2 Å². The number of para-hydroxylation sites is 1. The van der Waals surface area contributed by atoms with Crippen LogP contribution < -0.4 is 10.0 Å². The monoisotopic (exact) mass is 393 g/mol. The fraction of sp³-hybridized carbons (Fsp3) is 0.412. The van der Waals surface area contributed by atoms with Gasteiger partial charge in [-0.15, -0.1) is 5.10 Å². The molecule has 0 saturated carbocycles.